The first-order valence-corrected chi connectivity index (χ1v) is 11.7. The zero-order valence-electron chi connectivity index (χ0n) is 19.4. The van der Waals surface area contributed by atoms with Gasteiger partial charge in [-0.3, -0.25) is 14.5 Å². The van der Waals surface area contributed by atoms with Gasteiger partial charge in [0.25, 0.3) is 0 Å². The van der Waals surface area contributed by atoms with E-state index in [-0.39, 0.29) is 18.4 Å². The van der Waals surface area contributed by atoms with E-state index in [0.29, 0.717) is 24.5 Å². The van der Waals surface area contributed by atoms with Crippen LogP contribution in [-0.2, 0) is 9.59 Å². The van der Waals surface area contributed by atoms with Crippen molar-refractivity contribution in [1.82, 2.24) is 25.8 Å². The van der Waals surface area contributed by atoms with Crippen LogP contribution < -0.4 is 16.0 Å². The topological polar surface area (TPSA) is 89.1 Å². The molecule has 30 heavy (non-hydrogen) atoms. The Hall–Kier alpha value is -1.83. The summed E-state index contributed by atoms with van der Waals surface area (Å²) in [7, 11) is 3.52. The van der Waals surface area contributed by atoms with E-state index in [1.807, 2.05) is 0 Å². The lowest BCUT2D eigenvalue weighted by atomic mass is 9.86. The van der Waals surface area contributed by atoms with Gasteiger partial charge < -0.3 is 20.9 Å². The summed E-state index contributed by atoms with van der Waals surface area (Å²) in [5.41, 5.74) is 0. The molecule has 8 heteroatoms. The molecule has 2 atom stereocenters. The van der Waals surface area contributed by atoms with Gasteiger partial charge in [-0.05, 0) is 38.0 Å². The minimum absolute atomic E-state index is 0.000651. The third kappa shape index (κ3) is 8.50. The molecule has 1 saturated carbocycles. The first-order chi connectivity index (χ1) is 14.4. The Bertz CT molecular complexity index is 572. The van der Waals surface area contributed by atoms with Crippen LogP contribution in [0.1, 0.15) is 58.8 Å². The number of nitrogens with one attached hydrogen (secondary N) is 3. The fourth-order valence-corrected chi connectivity index (χ4v) is 4.08. The number of carbonyl (C=O) groups is 2. The van der Waals surface area contributed by atoms with Crippen molar-refractivity contribution in [3.05, 3.63) is 0 Å². The predicted molar refractivity (Wildman–Crippen MR) is 121 cm³/mol. The SMILES string of the molecule is CCCNC(=O)CN1CCC(NC(=NCC(=O)N(C)C)NC2CCCCC2C)CC1. The van der Waals surface area contributed by atoms with Crippen LogP contribution in [0.25, 0.3) is 0 Å². The quantitative estimate of drug-likeness (QED) is 0.404. The fourth-order valence-electron chi connectivity index (χ4n) is 4.08. The number of guanidine groups is 1. The van der Waals surface area contributed by atoms with Crippen molar-refractivity contribution in [2.45, 2.75) is 70.9 Å². The van der Waals surface area contributed by atoms with Gasteiger partial charge in [0.05, 0.1) is 6.54 Å². The maximum absolute atomic E-state index is 12.0. The lowest BCUT2D eigenvalue weighted by Crippen LogP contribution is -2.53. The van der Waals surface area contributed by atoms with Gasteiger partial charge in [-0.15, -0.1) is 0 Å². The zero-order valence-corrected chi connectivity index (χ0v) is 19.4. The van der Waals surface area contributed by atoms with Gasteiger partial charge in [0, 0.05) is 45.8 Å². The molecule has 1 heterocycles. The Morgan fingerprint density at radius 3 is 2.40 bits per heavy atom. The molecule has 0 aromatic carbocycles. The van der Waals surface area contributed by atoms with Gasteiger partial charge in [-0.1, -0.05) is 26.7 Å². The molecule has 1 saturated heterocycles. The van der Waals surface area contributed by atoms with E-state index < -0.39 is 0 Å². The van der Waals surface area contributed by atoms with Crippen LogP contribution in [0, 0.1) is 5.92 Å². The summed E-state index contributed by atoms with van der Waals surface area (Å²) in [5.74, 6) is 1.48. The average molecular weight is 423 g/mol. The van der Waals surface area contributed by atoms with Crippen LogP contribution in [-0.4, -0.2) is 86.5 Å². The molecule has 3 N–H and O–H groups in total. The number of hydrogen-bond acceptors (Lipinski definition) is 4. The number of nitrogens with zero attached hydrogens (tertiary/aromatic N) is 3. The monoisotopic (exact) mass is 422 g/mol. The molecule has 8 nitrogen and oxygen atoms in total. The molecule has 0 aromatic rings. The van der Waals surface area contributed by atoms with Gasteiger partial charge in [0.2, 0.25) is 11.8 Å². The minimum atomic E-state index is 0.000651. The Kier molecular flexibility index (Phi) is 10.4. The molecule has 0 aromatic heterocycles. The Balaban J connectivity index is 1.88. The second kappa shape index (κ2) is 12.8. The Labute approximate surface area is 182 Å². The summed E-state index contributed by atoms with van der Waals surface area (Å²) in [6.45, 7) is 7.50. The average Bonchev–Trinajstić information content (AvgIpc) is 2.73. The van der Waals surface area contributed by atoms with Gasteiger partial charge in [-0.25, -0.2) is 4.99 Å². The predicted octanol–water partition coefficient (Wildman–Crippen LogP) is 1.18. The molecular formula is C22H42N6O2. The molecule has 1 aliphatic heterocycles. The van der Waals surface area contributed by atoms with E-state index >= 15 is 0 Å². The second-order valence-electron chi connectivity index (χ2n) is 9.01. The van der Waals surface area contributed by atoms with Crippen molar-refractivity contribution >= 4 is 17.8 Å². The highest BCUT2D eigenvalue weighted by molar-refractivity contribution is 5.85. The number of aliphatic imine (C=N–C) groups is 1. The number of piperidine rings is 1. The van der Waals surface area contributed by atoms with Crippen LogP contribution in [0.2, 0.25) is 0 Å². The summed E-state index contributed by atoms with van der Waals surface area (Å²) in [4.78, 5) is 32.4. The van der Waals surface area contributed by atoms with E-state index in [0.717, 1.165) is 51.3 Å². The van der Waals surface area contributed by atoms with Crippen molar-refractivity contribution in [2.24, 2.45) is 10.9 Å². The molecule has 2 amide bonds. The third-order valence-electron chi connectivity index (χ3n) is 6.17. The zero-order chi connectivity index (χ0) is 21.9. The highest BCUT2D eigenvalue weighted by atomic mass is 16.2. The van der Waals surface area contributed by atoms with Crippen molar-refractivity contribution in [3.63, 3.8) is 0 Å². The van der Waals surface area contributed by atoms with Gasteiger partial charge in [-0.2, -0.15) is 0 Å². The molecule has 2 rings (SSSR count). The van der Waals surface area contributed by atoms with Crippen LogP contribution >= 0.6 is 0 Å². The van der Waals surface area contributed by atoms with Crippen molar-refractivity contribution in [2.75, 3.05) is 46.8 Å². The molecule has 172 valence electrons. The lowest BCUT2D eigenvalue weighted by Gasteiger charge is -2.35. The van der Waals surface area contributed by atoms with E-state index in [4.69, 9.17) is 0 Å². The maximum atomic E-state index is 12.0. The van der Waals surface area contributed by atoms with E-state index in [1.165, 1.54) is 19.3 Å². The standard InChI is InChI=1S/C22H42N6O2/c1-5-12-23-20(29)16-28-13-10-18(11-14-28)25-22(24-15-21(30)27(3)4)26-19-9-7-6-8-17(19)2/h17-19H,5-16H2,1-4H3,(H,23,29)(H2,24,25,26). The first-order valence-electron chi connectivity index (χ1n) is 11.7. The molecule has 0 bridgehead atoms. The van der Waals surface area contributed by atoms with E-state index in [9.17, 15) is 9.59 Å². The number of likely N-dealkylation sites (tertiary alicyclic amines) is 1. The normalized spacial score (nSPS) is 23.7. The van der Waals surface area contributed by atoms with E-state index in [1.54, 1.807) is 19.0 Å². The summed E-state index contributed by atoms with van der Waals surface area (Å²) in [6.07, 6.45) is 7.80. The fraction of sp³-hybridized carbons (Fsp3) is 0.864. The van der Waals surface area contributed by atoms with Gasteiger partial charge in [0.15, 0.2) is 5.96 Å². The van der Waals surface area contributed by atoms with Gasteiger partial charge in [0.1, 0.15) is 6.54 Å². The Morgan fingerprint density at radius 1 is 1.07 bits per heavy atom. The Morgan fingerprint density at radius 2 is 1.77 bits per heavy atom. The molecule has 2 unspecified atom stereocenters. The minimum Gasteiger partial charge on any atom is -0.355 e. The maximum Gasteiger partial charge on any atom is 0.243 e. The highest BCUT2D eigenvalue weighted by Crippen LogP contribution is 2.23. The van der Waals surface area contributed by atoms with E-state index in [2.05, 4.69) is 39.7 Å². The molecule has 2 fully saturated rings. The van der Waals surface area contributed by atoms with Crippen molar-refractivity contribution < 1.29 is 9.59 Å². The van der Waals surface area contributed by atoms with Crippen LogP contribution in [0.4, 0.5) is 0 Å². The number of carbonyl (C=O) groups excluding carboxylic acids is 2. The van der Waals surface area contributed by atoms with Crippen LogP contribution in [0.3, 0.4) is 0 Å². The molecule has 2 aliphatic rings. The highest BCUT2D eigenvalue weighted by Gasteiger charge is 2.25. The van der Waals surface area contributed by atoms with Crippen LogP contribution in [0.5, 0.6) is 0 Å². The van der Waals surface area contributed by atoms with Crippen molar-refractivity contribution in [1.29, 1.82) is 0 Å². The molecule has 0 spiro atoms. The van der Waals surface area contributed by atoms with Crippen LogP contribution in [0.15, 0.2) is 4.99 Å². The largest absolute Gasteiger partial charge is 0.355 e. The first kappa shape index (κ1) is 24.4. The molecular weight excluding hydrogens is 380 g/mol. The molecule has 1 aliphatic carbocycles. The smallest absolute Gasteiger partial charge is 0.243 e. The summed E-state index contributed by atoms with van der Waals surface area (Å²) < 4.78 is 0. The number of amides is 2. The number of rotatable bonds is 8. The van der Waals surface area contributed by atoms with Gasteiger partial charge >= 0.3 is 0 Å². The number of hydrogen-bond donors (Lipinski definition) is 3. The summed E-state index contributed by atoms with van der Waals surface area (Å²) in [5, 5.41) is 10.1. The summed E-state index contributed by atoms with van der Waals surface area (Å²) in [6, 6.07) is 0.710. The second-order valence-corrected chi connectivity index (χ2v) is 9.01. The summed E-state index contributed by atoms with van der Waals surface area (Å²) >= 11 is 0. The lowest BCUT2D eigenvalue weighted by molar-refractivity contribution is -0.127. The third-order valence-corrected chi connectivity index (χ3v) is 6.17. The van der Waals surface area contributed by atoms with Crippen molar-refractivity contribution in [3.8, 4) is 0 Å². The molecule has 0 radical (unpaired) electrons. The number of likely N-dealkylation sites (N-methyl/N-ethyl adjacent to an activating group) is 1.